The highest BCUT2D eigenvalue weighted by Crippen LogP contribution is 2.42. The zero-order valence-corrected chi connectivity index (χ0v) is 10.1. The quantitative estimate of drug-likeness (QED) is 0.683. The van der Waals surface area contributed by atoms with Crippen molar-refractivity contribution in [2.75, 3.05) is 0 Å². The molecule has 0 aromatic rings. The summed E-state index contributed by atoms with van der Waals surface area (Å²) in [6.45, 7) is 8.91. The Morgan fingerprint density at radius 3 is 2.57 bits per heavy atom. The summed E-state index contributed by atoms with van der Waals surface area (Å²) in [5.41, 5.74) is 3.35. The van der Waals surface area contributed by atoms with Crippen LogP contribution in [0.5, 0.6) is 0 Å². The number of hydrogen-bond acceptors (Lipinski definition) is 1. The summed E-state index contributed by atoms with van der Waals surface area (Å²) in [5.74, 6) is 0. The topological polar surface area (TPSA) is 20.2 Å². The molecular formula is C13H24O. The smallest absolute Gasteiger partial charge is 0.0575 e. The first-order valence-electron chi connectivity index (χ1n) is 5.84. The van der Waals surface area contributed by atoms with Gasteiger partial charge in [0.25, 0.3) is 0 Å². The summed E-state index contributed by atoms with van der Waals surface area (Å²) in [4.78, 5) is 0. The molecule has 0 bridgehead atoms. The lowest BCUT2D eigenvalue weighted by Crippen LogP contribution is -2.23. The Hall–Kier alpha value is -0.300. The Bertz CT molecular complexity index is 225. The summed E-state index contributed by atoms with van der Waals surface area (Å²) >= 11 is 0. The maximum atomic E-state index is 9.73. The van der Waals surface area contributed by atoms with Crippen LogP contribution in [-0.4, -0.2) is 11.2 Å². The van der Waals surface area contributed by atoms with E-state index in [4.69, 9.17) is 0 Å². The molecule has 0 amide bonds. The van der Waals surface area contributed by atoms with Crippen LogP contribution >= 0.6 is 0 Å². The third kappa shape index (κ3) is 2.60. The van der Waals surface area contributed by atoms with Gasteiger partial charge in [-0.1, -0.05) is 31.9 Å². The largest absolute Gasteiger partial charge is 0.393 e. The molecule has 0 aromatic heterocycles. The van der Waals surface area contributed by atoms with Gasteiger partial charge in [0.05, 0.1) is 6.10 Å². The van der Waals surface area contributed by atoms with Crippen molar-refractivity contribution in [1.82, 2.24) is 0 Å². The highest BCUT2D eigenvalue weighted by atomic mass is 16.3. The molecule has 1 N–H and O–H groups in total. The molecule has 0 aromatic carbocycles. The molecule has 0 radical (unpaired) electrons. The molecule has 0 heterocycles. The van der Waals surface area contributed by atoms with Crippen LogP contribution in [0.1, 0.15) is 59.8 Å². The standard InChI is InChI=1S/C13H24O/c1-5-11(14)9-12-10(2)7-6-8-13(12,3)4/h11,14H,5-9H2,1-4H3. The Morgan fingerprint density at radius 1 is 1.43 bits per heavy atom. The zero-order valence-electron chi connectivity index (χ0n) is 10.1. The van der Waals surface area contributed by atoms with Crippen molar-refractivity contribution in [3.63, 3.8) is 0 Å². The number of rotatable bonds is 3. The summed E-state index contributed by atoms with van der Waals surface area (Å²) in [7, 11) is 0. The lowest BCUT2D eigenvalue weighted by Gasteiger charge is -2.35. The fourth-order valence-electron chi connectivity index (χ4n) is 2.51. The van der Waals surface area contributed by atoms with Gasteiger partial charge in [-0.05, 0) is 44.4 Å². The van der Waals surface area contributed by atoms with Gasteiger partial charge in [0, 0.05) is 0 Å². The van der Waals surface area contributed by atoms with E-state index >= 15 is 0 Å². The normalized spacial score (nSPS) is 23.8. The lowest BCUT2D eigenvalue weighted by atomic mass is 9.71. The van der Waals surface area contributed by atoms with Crippen molar-refractivity contribution in [3.05, 3.63) is 11.1 Å². The van der Waals surface area contributed by atoms with Gasteiger partial charge in [0.2, 0.25) is 0 Å². The molecule has 0 saturated heterocycles. The average Bonchev–Trinajstić information content (AvgIpc) is 2.11. The van der Waals surface area contributed by atoms with E-state index < -0.39 is 0 Å². The van der Waals surface area contributed by atoms with Crippen molar-refractivity contribution in [1.29, 1.82) is 0 Å². The highest BCUT2D eigenvalue weighted by Gasteiger charge is 2.28. The maximum Gasteiger partial charge on any atom is 0.0575 e. The molecule has 1 aliphatic carbocycles. The Kier molecular flexibility index (Phi) is 3.77. The maximum absolute atomic E-state index is 9.73. The van der Waals surface area contributed by atoms with E-state index in [1.165, 1.54) is 30.4 Å². The molecule has 1 atom stereocenters. The van der Waals surface area contributed by atoms with Gasteiger partial charge >= 0.3 is 0 Å². The summed E-state index contributed by atoms with van der Waals surface area (Å²) < 4.78 is 0. The SMILES string of the molecule is CCC(O)CC1=C(C)CCCC1(C)C. The first-order valence-corrected chi connectivity index (χ1v) is 5.84. The Balaban J connectivity index is 2.80. The van der Waals surface area contributed by atoms with Crippen molar-refractivity contribution in [2.45, 2.75) is 65.9 Å². The van der Waals surface area contributed by atoms with E-state index in [-0.39, 0.29) is 6.10 Å². The second-order valence-electron chi connectivity index (χ2n) is 5.26. The average molecular weight is 196 g/mol. The molecule has 1 heteroatoms. The minimum atomic E-state index is -0.141. The molecule has 1 rings (SSSR count). The summed E-state index contributed by atoms with van der Waals surface area (Å²) in [5, 5.41) is 9.73. The van der Waals surface area contributed by atoms with Crippen molar-refractivity contribution in [2.24, 2.45) is 5.41 Å². The summed E-state index contributed by atoms with van der Waals surface area (Å²) in [6, 6.07) is 0. The molecule has 0 fully saturated rings. The summed E-state index contributed by atoms with van der Waals surface area (Å²) in [6.07, 6.45) is 5.43. The molecule has 0 saturated carbocycles. The van der Waals surface area contributed by atoms with Crippen LogP contribution in [0.2, 0.25) is 0 Å². The van der Waals surface area contributed by atoms with Crippen LogP contribution in [-0.2, 0) is 0 Å². The van der Waals surface area contributed by atoms with Crippen molar-refractivity contribution in [3.8, 4) is 0 Å². The third-order valence-electron chi connectivity index (χ3n) is 3.60. The van der Waals surface area contributed by atoms with Gasteiger partial charge in [-0.25, -0.2) is 0 Å². The molecule has 1 aliphatic rings. The van der Waals surface area contributed by atoms with E-state index in [0.717, 1.165) is 12.8 Å². The van der Waals surface area contributed by atoms with Crippen LogP contribution < -0.4 is 0 Å². The lowest BCUT2D eigenvalue weighted by molar-refractivity contribution is 0.159. The molecular weight excluding hydrogens is 172 g/mol. The fourth-order valence-corrected chi connectivity index (χ4v) is 2.51. The molecule has 14 heavy (non-hydrogen) atoms. The molecule has 0 aliphatic heterocycles. The van der Waals surface area contributed by atoms with Gasteiger partial charge in [-0.2, -0.15) is 0 Å². The third-order valence-corrected chi connectivity index (χ3v) is 3.60. The second kappa shape index (κ2) is 4.48. The van der Waals surface area contributed by atoms with Crippen LogP contribution in [0.25, 0.3) is 0 Å². The number of aliphatic hydroxyl groups excluding tert-OH is 1. The number of aliphatic hydroxyl groups is 1. The van der Waals surface area contributed by atoms with Gasteiger partial charge in [-0.15, -0.1) is 0 Å². The minimum Gasteiger partial charge on any atom is -0.393 e. The van der Waals surface area contributed by atoms with Crippen LogP contribution in [0.15, 0.2) is 11.1 Å². The Labute approximate surface area is 88.2 Å². The molecule has 1 unspecified atom stereocenters. The first-order chi connectivity index (χ1) is 6.47. The highest BCUT2D eigenvalue weighted by molar-refractivity contribution is 5.22. The minimum absolute atomic E-state index is 0.141. The fraction of sp³-hybridized carbons (Fsp3) is 0.846. The van der Waals surface area contributed by atoms with E-state index in [1.807, 2.05) is 0 Å². The second-order valence-corrected chi connectivity index (χ2v) is 5.26. The van der Waals surface area contributed by atoms with Crippen LogP contribution in [0, 0.1) is 5.41 Å². The monoisotopic (exact) mass is 196 g/mol. The number of allylic oxidation sites excluding steroid dienone is 1. The van der Waals surface area contributed by atoms with Gasteiger partial charge < -0.3 is 5.11 Å². The first kappa shape index (κ1) is 11.8. The van der Waals surface area contributed by atoms with E-state index in [9.17, 15) is 5.11 Å². The van der Waals surface area contributed by atoms with Crippen molar-refractivity contribution < 1.29 is 5.11 Å². The molecule has 0 spiro atoms. The van der Waals surface area contributed by atoms with Crippen LogP contribution in [0.3, 0.4) is 0 Å². The van der Waals surface area contributed by atoms with Gasteiger partial charge in [0.1, 0.15) is 0 Å². The van der Waals surface area contributed by atoms with Gasteiger partial charge in [0.15, 0.2) is 0 Å². The molecule has 1 nitrogen and oxygen atoms in total. The van der Waals surface area contributed by atoms with E-state index in [1.54, 1.807) is 0 Å². The predicted molar refractivity (Wildman–Crippen MR) is 61.2 cm³/mol. The van der Waals surface area contributed by atoms with E-state index in [0.29, 0.717) is 5.41 Å². The predicted octanol–water partition coefficient (Wildman–Crippen LogP) is 3.67. The van der Waals surface area contributed by atoms with Crippen LogP contribution in [0.4, 0.5) is 0 Å². The number of hydrogen-bond donors (Lipinski definition) is 1. The Morgan fingerprint density at radius 2 is 2.07 bits per heavy atom. The van der Waals surface area contributed by atoms with Gasteiger partial charge in [-0.3, -0.25) is 0 Å². The van der Waals surface area contributed by atoms with E-state index in [2.05, 4.69) is 27.7 Å². The van der Waals surface area contributed by atoms with Crippen molar-refractivity contribution >= 4 is 0 Å². The zero-order chi connectivity index (χ0) is 10.8. The molecule has 82 valence electrons.